The van der Waals surface area contributed by atoms with Crippen molar-refractivity contribution in [1.82, 2.24) is 9.97 Å². The van der Waals surface area contributed by atoms with Crippen LogP contribution < -0.4 is 4.90 Å². The number of hydrogen-bond acceptors (Lipinski definition) is 4. The molecule has 7 aromatic carbocycles. The van der Waals surface area contributed by atoms with E-state index in [1.807, 2.05) is 18.2 Å². The zero-order chi connectivity index (χ0) is 33.3. The molecule has 0 aliphatic carbocycles. The van der Waals surface area contributed by atoms with Gasteiger partial charge in [-0.1, -0.05) is 146 Å². The third kappa shape index (κ3) is 5.42. The summed E-state index contributed by atoms with van der Waals surface area (Å²) in [6.45, 7) is 0. The number of thiophene rings is 1. The van der Waals surface area contributed by atoms with E-state index >= 15 is 0 Å². The van der Waals surface area contributed by atoms with Gasteiger partial charge in [-0.25, -0.2) is 9.97 Å². The maximum Gasteiger partial charge on any atom is 0.160 e. The summed E-state index contributed by atoms with van der Waals surface area (Å²) in [5, 5.41) is 1.15. The summed E-state index contributed by atoms with van der Waals surface area (Å²) in [6.07, 6.45) is 0. The summed E-state index contributed by atoms with van der Waals surface area (Å²) in [5.74, 6) is 0.721. The summed E-state index contributed by atoms with van der Waals surface area (Å²) >= 11 is 1.76. The minimum Gasteiger partial charge on any atom is -0.309 e. The minimum atomic E-state index is 0.721. The van der Waals surface area contributed by atoms with Gasteiger partial charge in [0.1, 0.15) is 0 Å². The Morgan fingerprint density at radius 3 is 1.42 bits per heavy atom. The predicted molar refractivity (Wildman–Crippen MR) is 211 cm³/mol. The van der Waals surface area contributed by atoms with Gasteiger partial charge >= 0.3 is 0 Å². The van der Waals surface area contributed by atoms with E-state index in [1.54, 1.807) is 11.3 Å². The van der Waals surface area contributed by atoms with Crippen LogP contribution in [0.25, 0.3) is 65.2 Å². The Morgan fingerprint density at radius 1 is 0.420 bits per heavy atom. The Hall–Kier alpha value is -6.36. The van der Waals surface area contributed by atoms with Crippen LogP contribution in [0.15, 0.2) is 188 Å². The second-order valence-corrected chi connectivity index (χ2v) is 13.2. The molecule has 0 aliphatic rings. The average Bonchev–Trinajstić information content (AvgIpc) is 3.58. The first-order chi connectivity index (χ1) is 24.8. The van der Waals surface area contributed by atoms with Gasteiger partial charge in [-0.15, -0.1) is 11.3 Å². The van der Waals surface area contributed by atoms with Crippen LogP contribution >= 0.6 is 11.3 Å². The van der Waals surface area contributed by atoms with Gasteiger partial charge < -0.3 is 4.90 Å². The average molecular weight is 658 g/mol. The second-order valence-electron chi connectivity index (χ2n) is 12.2. The van der Waals surface area contributed by atoms with Gasteiger partial charge in [0.15, 0.2) is 5.82 Å². The molecule has 2 aromatic heterocycles. The van der Waals surface area contributed by atoms with Crippen LogP contribution in [-0.2, 0) is 0 Å². The van der Waals surface area contributed by atoms with Gasteiger partial charge in [0.05, 0.1) is 21.6 Å². The van der Waals surface area contributed by atoms with E-state index in [2.05, 4.69) is 175 Å². The second kappa shape index (κ2) is 12.9. The van der Waals surface area contributed by atoms with Gasteiger partial charge in [0, 0.05) is 43.7 Å². The molecule has 0 spiro atoms. The Balaban J connectivity index is 1.42. The molecule has 0 bridgehead atoms. The number of fused-ring (bicyclic) bond motifs is 3. The van der Waals surface area contributed by atoms with E-state index in [4.69, 9.17) is 9.97 Å². The maximum atomic E-state index is 5.38. The monoisotopic (exact) mass is 657 g/mol. The number of rotatable bonds is 7. The van der Waals surface area contributed by atoms with Gasteiger partial charge in [-0.05, 0) is 53.6 Å². The zero-order valence-electron chi connectivity index (χ0n) is 27.1. The number of hydrogen-bond donors (Lipinski definition) is 0. The van der Waals surface area contributed by atoms with Crippen LogP contribution in [0.4, 0.5) is 17.1 Å². The van der Waals surface area contributed by atoms with Crippen molar-refractivity contribution in [3.8, 4) is 44.9 Å². The van der Waals surface area contributed by atoms with Crippen LogP contribution in [-0.4, -0.2) is 9.97 Å². The number of para-hydroxylation sites is 2. The Labute approximate surface area is 295 Å². The molecular weight excluding hydrogens is 627 g/mol. The highest BCUT2D eigenvalue weighted by Crippen LogP contribution is 2.49. The quantitative estimate of drug-likeness (QED) is 0.171. The number of nitrogens with zero attached hydrogens (tertiary/aromatic N) is 3. The molecule has 0 saturated heterocycles. The lowest BCUT2D eigenvalue weighted by atomic mass is 9.90. The molecule has 50 heavy (non-hydrogen) atoms. The number of benzene rings is 7. The number of anilines is 3. The van der Waals surface area contributed by atoms with Crippen molar-refractivity contribution < 1.29 is 0 Å². The number of aromatic nitrogens is 2. The highest BCUT2D eigenvalue weighted by molar-refractivity contribution is 7.26. The summed E-state index contributed by atoms with van der Waals surface area (Å²) in [5.41, 5.74) is 11.7. The standard InChI is InChI=1S/C46H31N3S/c1-6-18-32(19-7-1)39-30-35(42-45-43(38-28-16-17-29-41(38)50-45)48-46(47-42)34-22-10-3-11-23-34)31-40(33-20-8-2-9-21-33)44(39)49(36-24-12-4-13-25-36)37-26-14-5-15-27-37/h1-31H. The molecule has 0 aliphatic heterocycles. The first-order valence-corrected chi connectivity index (χ1v) is 17.6. The Kier molecular flexibility index (Phi) is 7.69. The highest BCUT2D eigenvalue weighted by Gasteiger charge is 2.25. The van der Waals surface area contributed by atoms with E-state index in [0.29, 0.717) is 0 Å². The fourth-order valence-electron chi connectivity index (χ4n) is 6.75. The Bertz CT molecular complexity index is 2470. The zero-order valence-corrected chi connectivity index (χ0v) is 28.0. The van der Waals surface area contributed by atoms with Gasteiger partial charge in [-0.2, -0.15) is 0 Å². The lowest BCUT2D eigenvalue weighted by molar-refractivity contribution is 1.24. The maximum absolute atomic E-state index is 5.38. The molecule has 9 rings (SSSR count). The lowest BCUT2D eigenvalue weighted by Crippen LogP contribution is -2.13. The smallest absolute Gasteiger partial charge is 0.160 e. The predicted octanol–water partition coefficient (Wildman–Crippen LogP) is 13.0. The van der Waals surface area contributed by atoms with E-state index in [0.717, 1.165) is 77.6 Å². The third-order valence-corrected chi connectivity index (χ3v) is 10.2. The summed E-state index contributed by atoms with van der Waals surface area (Å²) in [6, 6.07) is 66.2. The third-order valence-electron chi connectivity index (χ3n) is 9.06. The first-order valence-electron chi connectivity index (χ1n) is 16.8. The SMILES string of the molecule is c1ccc(-c2nc(-c3cc(-c4ccccc4)c(N(c4ccccc4)c4ccccc4)c(-c4ccccc4)c3)c3sc4ccccc4c3n2)cc1. The van der Waals surface area contributed by atoms with Crippen LogP contribution in [0.3, 0.4) is 0 Å². The molecule has 0 unspecified atom stereocenters. The lowest BCUT2D eigenvalue weighted by Gasteiger charge is -2.31. The molecule has 0 amide bonds. The van der Waals surface area contributed by atoms with Gasteiger partial charge in [0.25, 0.3) is 0 Å². The van der Waals surface area contributed by atoms with E-state index in [1.165, 1.54) is 4.70 Å². The summed E-state index contributed by atoms with van der Waals surface area (Å²) < 4.78 is 2.28. The largest absolute Gasteiger partial charge is 0.309 e. The van der Waals surface area contributed by atoms with Crippen molar-refractivity contribution >= 4 is 48.7 Å². The topological polar surface area (TPSA) is 29.0 Å². The van der Waals surface area contributed by atoms with Crippen LogP contribution in [0, 0.1) is 0 Å². The molecular formula is C46H31N3S. The molecule has 0 saturated carbocycles. The molecule has 4 heteroatoms. The fraction of sp³-hybridized carbons (Fsp3) is 0. The van der Waals surface area contributed by atoms with Gasteiger partial charge in [0.2, 0.25) is 0 Å². The Morgan fingerprint density at radius 2 is 0.880 bits per heavy atom. The minimum absolute atomic E-state index is 0.721. The van der Waals surface area contributed by atoms with E-state index < -0.39 is 0 Å². The molecule has 0 fully saturated rings. The van der Waals surface area contributed by atoms with Crippen LogP contribution in [0.1, 0.15) is 0 Å². The van der Waals surface area contributed by atoms with Crippen LogP contribution in [0.5, 0.6) is 0 Å². The van der Waals surface area contributed by atoms with Crippen molar-refractivity contribution in [3.05, 3.63) is 188 Å². The molecule has 3 nitrogen and oxygen atoms in total. The van der Waals surface area contributed by atoms with Crippen molar-refractivity contribution in [1.29, 1.82) is 0 Å². The first kappa shape index (κ1) is 29.8. The molecule has 0 radical (unpaired) electrons. The van der Waals surface area contributed by atoms with Crippen molar-refractivity contribution in [3.63, 3.8) is 0 Å². The molecule has 9 aromatic rings. The molecule has 0 N–H and O–H groups in total. The van der Waals surface area contributed by atoms with Crippen molar-refractivity contribution in [2.45, 2.75) is 0 Å². The fourth-order valence-corrected chi connectivity index (χ4v) is 7.91. The summed E-state index contributed by atoms with van der Waals surface area (Å²) in [7, 11) is 0. The van der Waals surface area contributed by atoms with E-state index in [-0.39, 0.29) is 0 Å². The van der Waals surface area contributed by atoms with Crippen LogP contribution in [0.2, 0.25) is 0 Å². The van der Waals surface area contributed by atoms with Crippen molar-refractivity contribution in [2.75, 3.05) is 4.90 Å². The molecule has 0 atom stereocenters. The van der Waals surface area contributed by atoms with Crippen molar-refractivity contribution in [2.24, 2.45) is 0 Å². The van der Waals surface area contributed by atoms with Gasteiger partial charge in [-0.3, -0.25) is 0 Å². The summed E-state index contributed by atoms with van der Waals surface area (Å²) in [4.78, 5) is 13.0. The van der Waals surface area contributed by atoms with E-state index in [9.17, 15) is 0 Å². The normalized spacial score (nSPS) is 11.2. The highest BCUT2D eigenvalue weighted by atomic mass is 32.1. The molecule has 236 valence electrons. The molecule has 2 heterocycles.